The third-order valence-corrected chi connectivity index (χ3v) is 5.32. The van der Waals surface area contributed by atoms with E-state index >= 15 is 0 Å². The number of rotatable bonds is 6. The predicted octanol–water partition coefficient (Wildman–Crippen LogP) is 1.85. The summed E-state index contributed by atoms with van der Waals surface area (Å²) in [4.78, 5) is 21.1. The second-order valence-corrected chi connectivity index (χ2v) is 7.25. The van der Waals surface area contributed by atoms with Gasteiger partial charge in [-0.2, -0.15) is 4.98 Å². The van der Waals surface area contributed by atoms with Crippen molar-refractivity contribution >= 4 is 5.91 Å². The molecule has 2 aliphatic heterocycles. The van der Waals surface area contributed by atoms with Crippen LogP contribution in [0.3, 0.4) is 0 Å². The summed E-state index contributed by atoms with van der Waals surface area (Å²) in [5.74, 6) is 1.73. The first-order valence-electron chi connectivity index (χ1n) is 9.72. The van der Waals surface area contributed by atoms with Gasteiger partial charge in [0.1, 0.15) is 0 Å². The van der Waals surface area contributed by atoms with E-state index in [4.69, 9.17) is 9.26 Å². The molecule has 0 aliphatic carbocycles. The van der Waals surface area contributed by atoms with Gasteiger partial charge in [0.2, 0.25) is 11.8 Å². The summed E-state index contributed by atoms with van der Waals surface area (Å²) in [6, 6.07) is 10.3. The van der Waals surface area contributed by atoms with Crippen molar-refractivity contribution in [3.8, 4) is 0 Å². The normalized spacial score (nSPS) is 21.6. The first-order chi connectivity index (χ1) is 13.3. The fourth-order valence-electron chi connectivity index (χ4n) is 3.70. The van der Waals surface area contributed by atoms with Crippen molar-refractivity contribution in [2.75, 3.05) is 39.4 Å². The molecule has 1 aromatic heterocycles. The second kappa shape index (κ2) is 8.63. The summed E-state index contributed by atoms with van der Waals surface area (Å²) in [6.45, 7) is 5.39. The van der Waals surface area contributed by atoms with E-state index < -0.39 is 0 Å². The Morgan fingerprint density at radius 1 is 1.15 bits per heavy atom. The summed E-state index contributed by atoms with van der Waals surface area (Å²) < 4.78 is 10.9. The molecule has 1 atom stereocenters. The van der Waals surface area contributed by atoms with E-state index in [9.17, 15) is 4.79 Å². The molecule has 0 N–H and O–H groups in total. The zero-order valence-corrected chi connectivity index (χ0v) is 15.5. The first kappa shape index (κ1) is 18.1. The van der Waals surface area contributed by atoms with Gasteiger partial charge in [0.25, 0.3) is 0 Å². The fraction of sp³-hybridized carbons (Fsp3) is 0.550. The quantitative estimate of drug-likeness (QED) is 0.773. The summed E-state index contributed by atoms with van der Waals surface area (Å²) in [5, 5.41) is 4.15. The molecule has 0 bridgehead atoms. The van der Waals surface area contributed by atoms with Crippen LogP contribution in [0.2, 0.25) is 0 Å². The highest BCUT2D eigenvalue weighted by molar-refractivity contribution is 5.77. The minimum Gasteiger partial charge on any atom is -0.379 e. The smallest absolute Gasteiger partial charge is 0.231 e. The zero-order valence-electron chi connectivity index (χ0n) is 15.5. The van der Waals surface area contributed by atoms with E-state index in [1.54, 1.807) is 0 Å². The van der Waals surface area contributed by atoms with Crippen LogP contribution < -0.4 is 0 Å². The average Bonchev–Trinajstić information content (AvgIpc) is 3.17. The number of morpholine rings is 1. The van der Waals surface area contributed by atoms with Crippen molar-refractivity contribution in [3.05, 3.63) is 47.6 Å². The molecule has 2 aliphatic rings. The third kappa shape index (κ3) is 4.73. The molecule has 7 heteroatoms. The standard InChI is InChI=1S/C20H26N4O3/c25-19-7-6-17(14-24(19)9-8-16-4-2-1-3-5-16)20-21-18(22-27-20)15-23-10-12-26-13-11-23/h1-5,17H,6-15H2/t17-/m0/s1. The second-order valence-electron chi connectivity index (χ2n) is 7.25. The van der Waals surface area contributed by atoms with Crippen molar-refractivity contribution in [2.24, 2.45) is 0 Å². The van der Waals surface area contributed by atoms with E-state index in [1.807, 2.05) is 23.1 Å². The first-order valence-corrected chi connectivity index (χ1v) is 9.72. The number of carbonyl (C=O) groups is 1. The predicted molar refractivity (Wildman–Crippen MR) is 99.1 cm³/mol. The van der Waals surface area contributed by atoms with Gasteiger partial charge in [0.05, 0.1) is 25.7 Å². The van der Waals surface area contributed by atoms with Gasteiger partial charge >= 0.3 is 0 Å². The number of carbonyl (C=O) groups excluding carboxylic acids is 1. The van der Waals surface area contributed by atoms with E-state index in [0.29, 0.717) is 25.4 Å². The van der Waals surface area contributed by atoms with Crippen LogP contribution >= 0.6 is 0 Å². The monoisotopic (exact) mass is 370 g/mol. The van der Waals surface area contributed by atoms with Crippen molar-refractivity contribution in [3.63, 3.8) is 0 Å². The lowest BCUT2D eigenvalue weighted by molar-refractivity contribution is -0.133. The molecule has 3 heterocycles. The maximum atomic E-state index is 12.3. The molecule has 0 spiro atoms. The van der Waals surface area contributed by atoms with Crippen molar-refractivity contribution in [1.29, 1.82) is 0 Å². The number of amides is 1. The Labute approximate surface area is 159 Å². The van der Waals surface area contributed by atoms with Crippen LogP contribution in [0.15, 0.2) is 34.9 Å². The molecule has 27 heavy (non-hydrogen) atoms. The van der Waals surface area contributed by atoms with Crippen LogP contribution in [0, 0.1) is 0 Å². The topological polar surface area (TPSA) is 71.7 Å². The van der Waals surface area contributed by atoms with Gasteiger partial charge in [-0.25, -0.2) is 0 Å². The number of piperidine rings is 1. The number of benzene rings is 1. The number of hydrogen-bond acceptors (Lipinski definition) is 6. The van der Waals surface area contributed by atoms with Crippen LogP contribution in [0.25, 0.3) is 0 Å². The molecule has 144 valence electrons. The van der Waals surface area contributed by atoms with Crippen LogP contribution in [0.1, 0.15) is 36.0 Å². The molecule has 0 unspecified atom stereocenters. The lowest BCUT2D eigenvalue weighted by atomic mass is 9.97. The number of likely N-dealkylation sites (tertiary alicyclic amines) is 1. The van der Waals surface area contributed by atoms with E-state index in [-0.39, 0.29) is 11.8 Å². The maximum Gasteiger partial charge on any atom is 0.231 e. The molecule has 0 radical (unpaired) electrons. The minimum absolute atomic E-state index is 0.129. The van der Waals surface area contributed by atoms with Gasteiger partial charge in [0.15, 0.2) is 5.82 Å². The molecule has 4 rings (SSSR count). The SMILES string of the molecule is O=C1CC[C@H](c2nc(CN3CCOCC3)no2)CN1CCc1ccccc1. The highest BCUT2D eigenvalue weighted by Crippen LogP contribution is 2.26. The van der Waals surface area contributed by atoms with Gasteiger partial charge in [0, 0.05) is 32.6 Å². The Balaban J connectivity index is 1.34. The number of hydrogen-bond donors (Lipinski definition) is 0. The summed E-state index contributed by atoms with van der Waals surface area (Å²) in [5.41, 5.74) is 1.25. The fourth-order valence-corrected chi connectivity index (χ4v) is 3.70. The molecule has 7 nitrogen and oxygen atoms in total. The molecular formula is C20H26N4O3. The van der Waals surface area contributed by atoms with Crippen molar-refractivity contribution in [2.45, 2.75) is 31.7 Å². The van der Waals surface area contributed by atoms with Crippen LogP contribution in [-0.4, -0.2) is 65.2 Å². The Morgan fingerprint density at radius 3 is 2.78 bits per heavy atom. The molecule has 1 amide bonds. The Hall–Kier alpha value is -2.25. The summed E-state index contributed by atoms with van der Waals surface area (Å²) in [6.07, 6.45) is 2.19. The Kier molecular flexibility index (Phi) is 5.79. The number of aromatic nitrogens is 2. The maximum absolute atomic E-state index is 12.3. The largest absolute Gasteiger partial charge is 0.379 e. The van der Waals surface area contributed by atoms with Crippen molar-refractivity contribution < 1.29 is 14.1 Å². The lowest BCUT2D eigenvalue weighted by Gasteiger charge is -2.31. The molecule has 2 saturated heterocycles. The Morgan fingerprint density at radius 2 is 1.96 bits per heavy atom. The summed E-state index contributed by atoms with van der Waals surface area (Å²) in [7, 11) is 0. The molecule has 2 aromatic rings. The van der Waals surface area contributed by atoms with Crippen LogP contribution in [0.4, 0.5) is 0 Å². The number of ether oxygens (including phenoxy) is 1. The lowest BCUT2D eigenvalue weighted by Crippen LogP contribution is -2.40. The Bertz CT molecular complexity index is 743. The highest BCUT2D eigenvalue weighted by atomic mass is 16.5. The van der Waals surface area contributed by atoms with Gasteiger partial charge in [-0.1, -0.05) is 35.5 Å². The third-order valence-electron chi connectivity index (χ3n) is 5.32. The van der Waals surface area contributed by atoms with E-state index in [1.165, 1.54) is 5.56 Å². The van der Waals surface area contributed by atoms with E-state index in [2.05, 4.69) is 27.2 Å². The molecule has 0 saturated carbocycles. The summed E-state index contributed by atoms with van der Waals surface area (Å²) >= 11 is 0. The van der Waals surface area contributed by atoms with Gasteiger partial charge < -0.3 is 14.2 Å². The van der Waals surface area contributed by atoms with E-state index in [0.717, 1.165) is 51.5 Å². The van der Waals surface area contributed by atoms with Crippen LogP contribution in [0.5, 0.6) is 0 Å². The van der Waals surface area contributed by atoms with Crippen molar-refractivity contribution in [1.82, 2.24) is 19.9 Å². The molecule has 1 aromatic carbocycles. The van der Waals surface area contributed by atoms with Gasteiger partial charge in [-0.3, -0.25) is 9.69 Å². The van der Waals surface area contributed by atoms with Crippen LogP contribution in [-0.2, 0) is 22.5 Å². The average molecular weight is 370 g/mol. The minimum atomic E-state index is 0.129. The number of nitrogens with zero attached hydrogens (tertiary/aromatic N) is 4. The van der Waals surface area contributed by atoms with Gasteiger partial charge in [-0.05, 0) is 18.4 Å². The van der Waals surface area contributed by atoms with Gasteiger partial charge in [-0.15, -0.1) is 0 Å². The highest BCUT2D eigenvalue weighted by Gasteiger charge is 2.30. The molecule has 2 fully saturated rings. The molecular weight excluding hydrogens is 344 g/mol. The zero-order chi connectivity index (χ0) is 18.5.